The average Bonchev–Trinajstić information content (AvgIpc) is 3.31. The first-order valence-electron chi connectivity index (χ1n) is 11.1. The van der Waals surface area contributed by atoms with Crippen LogP contribution in [0.2, 0.25) is 0 Å². The Balaban J connectivity index is 1.67. The molecule has 0 atom stereocenters. The fourth-order valence-electron chi connectivity index (χ4n) is 4.11. The topological polar surface area (TPSA) is 98.8 Å². The van der Waals surface area contributed by atoms with Crippen LogP contribution in [0.1, 0.15) is 47.9 Å². The summed E-state index contributed by atoms with van der Waals surface area (Å²) in [6, 6.07) is 27.5. The van der Waals surface area contributed by atoms with Crippen molar-refractivity contribution in [1.29, 1.82) is 0 Å². The zero-order chi connectivity index (χ0) is 25.2. The summed E-state index contributed by atoms with van der Waals surface area (Å²) in [4.78, 5) is 50.6. The Kier molecular flexibility index (Phi) is 5.80. The van der Waals surface area contributed by atoms with E-state index in [1.165, 1.54) is 30.3 Å². The number of non-ortho nitro benzene ring substituents is 1. The van der Waals surface area contributed by atoms with E-state index in [4.69, 9.17) is 0 Å². The van der Waals surface area contributed by atoms with Crippen LogP contribution in [0, 0.1) is 10.1 Å². The first-order valence-corrected chi connectivity index (χ1v) is 11.1. The fourth-order valence-corrected chi connectivity index (χ4v) is 4.11. The highest BCUT2D eigenvalue weighted by Crippen LogP contribution is 2.26. The molecule has 0 spiro atoms. The second-order valence-corrected chi connectivity index (χ2v) is 8.14. The SMILES string of the molecule is O=C(c1ccccc1)c1ccn2c(C(=O)c3cccc([N+](=O)[O-])c3)cc(C(=O)c3ccccc3)c2c1. The zero-order valence-corrected chi connectivity index (χ0v) is 18.8. The van der Waals surface area contributed by atoms with Crippen LogP contribution in [-0.2, 0) is 0 Å². The number of aromatic nitrogens is 1. The molecule has 2 heterocycles. The number of hydrogen-bond donors (Lipinski definition) is 0. The number of nitro benzene ring substituents is 1. The van der Waals surface area contributed by atoms with Gasteiger partial charge in [-0.2, -0.15) is 0 Å². The molecule has 2 aromatic heterocycles. The summed E-state index contributed by atoms with van der Waals surface area (Å²) in [7, 11) is 0. The van der Waals surface area contributed by atoms with Crippen LogP contribution in [0.3, 0.4) is 0 Å². The molecule has 0 aliphatic heterocycles. The summed E-state index contributed by atoms with van der Waals surface area (Å²) in [6.45, 7) is 0. The molecule has 0 aliphatic carbocycles. The second-order valence-electron chi connectivity index (χ2n) is 8.14. The molecule has 36 heavy (non-hydrogen) atoms. The fraction of sp³-hybridized carbons (Fsp3) is 0. The van der Waals surface area contributed by atoms with Crippen molar-refractivity contribution in [3.05, 3.63) is 153 Å². The predicted octanol–water partition coefficient (Wildman–Crippen LogP) is 5.54. The molecule has 0 aliphatic rings. The number of carbonyl (C=O) groups excluding carboxylic acids is 3. The van der Waals surface area contributed by atoms with Crippen molar-refractivity contribution in [1.82, 2.24) is 4.40 Å². The molecule has 3 aromatic carbocycles. The van der Waals surface area contributed by atoms with E-state index < -0.39 is 10.7 Å². The summed E-state index contributed by atoms with van der Waals surface area (Å²) in [6.07, 6.45) is 1.57. The number of hydrogen-bond acceptors (Lipinski definition) is 5. The van der Waals surface area contributed by atoms with Gasteiger partial charge in [0.15, 0.2) is 11.6 Å². The summed E-state index contributed by atoms with van der Waals surface area (Å²) in [5.74, 6) is -1.01. The number of rotatable bonds is 7. The van der Waals surface area contributed by atoms with Crippen molar-refractivity contribution in [2.45, 2.75) is 0 Å². The number of nitrogens with zero attached hydrogens (tertiary/aromatic N) is 2. The second kappa shape index (κ2) is 9.23. The highest BCUT2D eigenvalue weighted by molar-refractivity contribution is 6.18. The highest BCUT2D eigenvalue weighted by Gasteiger charge is 2.23. The van der Waals surface area contributed by atoms with Crippen molar-refractivity contribution < 1.29 is 19.3 Å². The Labute approximate surface area is 205 Å². The average molecular weight is 474 g/mol. The van der Waals surface area contributed by atoms with Gasteiger partial charge in [-0.15, -0.1) is 0 Å². The first-order chi connectivity index (χ1) is 17.4. The molecule has 0 amide bonds. The molecule has 0 N–H and O–H groups in total. The smallest absolute Gasteiger partial charge is 0.270 e. The summed E-state index contributed by atoms with van der Waals surface area (Å²) in [5, 5.41) is 11.2. The molecule has 7 nitrogen and oxygen atoms in total. The van der Waals surface area contributed by atoms with Crippen LogP contribution in [-0.4, -0.2) is 26.7 Å². The van der Waals surface area contributed by atoms with Crippen molar-refractivity contribution in [2.24, 2.45) is 0 Å². The Bertz CT molecular complexity index is 1650. The summed E-state index contributed by atoms with van der Waals surface area (Å²) < 4.78 is 1.54. The van der Waals surface area contributed by atoms with Gasteiger partial charge in [0, 0.05) is 46.1 Å². The number of fused-ring (bicyclic) bond motifs is 1. The summed E-state index contributed by atoms with van der Waals surface area (Å²) >= 11 is 0. The van der Waals surface area contributed by atoms with Crippen LogP contribution in [0.4, 0.5) is 5.69 Å². The Morgan fingerprint density at radius 3 is 1.83 bits per heavy atom. The Morgan fingerprint density at radius 1 is 0.611 bits per heavy atom. The van der Waals surface area contributed by atoms with Gasteiger partial charge in [0.05, 0.1) is 16.1 Å². The van der Waals surface area contributed by atoms with E-state index in [-0.39, 0.29) is 34.1 Å². The summed E-state index contributed by atoms with van der Waals surface area (Å²) in [5.41, 5.74) is 1.99. The van der Waals surface area contributed by atoms with Crippen LogP contribution >= 0.6 is 0 Å². The maximum Gasteiger partial charge on any atom is 0.270 e. The highest BCUT2D eigenvalue weighted by atomic mass is 16.6. The monoisotopic (exact) mass is 474 g/mol. The van der Waals surface area contributed by atoms with Crippen molar-refractivity contribution >= 4 is 28.6 Å². The lowest BCUT2D eigenvalue weighted by Gasteiger charge is -2.06. The van der Waals surface area contributed by atoms with E-state index in [0.29, 0.717) is 22.2 Å². The molecular weight excluding hydrogens is 456 g/mol. The lowest BCUT2D eigenvalue weighted by Crippen LogP contribution is -2.07. The van der Waals surface area contributed by atoms with Crippen LogP contribution < -0.4 is 0 Å². The van der Waals surface area contributed by atoms with Gasteiger partial charge in [-0.3, -0.25) is 24.5 Å². The van der Waals surface area contributed by atoms with E-state index >= 15 is 0 Å². The van der Waals surface area contributed by atoms with Gasteiger partial charge < -0.3 is 4.40 Å². The molecule has 0 saturated heterocycles. The number of benzene rings is 3. The van der Waals surface area contributed by atoms with Gasteiger partial charge in [-0.25, -0.2) is 0 Å². The molecule has 0 unspecified atom stereocenters. The van der Waals surface area contributed by atoms with Gasteiger partial charge in [-0.1, -0.05) is 72.8 Å². The van der Waals surface area contributed by atoms with E-state index in [2.05, 4.69) is 0 Å². The normalized spacial score (nSPS) is 10.8. The van der Waals surface area contributed by atoms with Gasteiger partial charge in [0.25, 0.3) is 5.69 Å². The molecule has 0 radical (unpaired) electrons. The standard InChI is InChI=1S/C29H18N2O5/c32-27(19-8-3-1-4-9-19)22-14-15-30-25(17-22)24(28(33)20-10-5-2-6-11-20)18-26(30)29(34)21-12-7-13-23(16-21)31(35)36/h1-18H. The van der Waals surface area contributed by atoms with Crippen molar-refractivity contribution in [2.75, 3.05) is 0 Å². The molecule has 5 rings (SSSR count). The molecule has 5 aromatic rings. The van der Waals surface area contributed by atoms with Gasteiger partial charge in [-0.05, 0) is 18.2 Å². The number of carbonyl (C=O) groups is 3. The molecule has 0 saturated carbocycles. The van der Waals surface area contributed by atoms with Gasteiger partial charge in [0.2, 0.25) is 5.78 Å². The quantitative estimate of drug-likeness (QED) is 0.175. The van der Waals surface area contributed by atoms with E-state index in [9.17, 15) is 24.5 Å². The third-order valence-corrected chi connectivity index (χ3v) is 5.90. The van der Waals surface area contributed by atoms with Crippen molar-refractivity contribution in [3.8, 4) is 0 Å². The molecular formula is C29H18N2O5. The van der Waals surface area contributed by atoms with Crippen LogP contribution in [0.5, 0.6) is 0 Å². The third-order valence-electron chi connectivity index (χ3n) is 5.90. The van der Waals surface area contributed by atoms with Crippen LogP contribution in [0.25, 0.3) is 5.52 Å². The Morgan fingerprint density at radius 2 is 1.19 bits per heavy atom. The molecule has 0 bridgehead atoms. The van der Waals surface area contributed by atoms with E-state index in [0.717, 1.165) is 0 Å². The molecule has 7 heteroatoms. The minimum absolute atomic E-state index is 0.117. The van der Waals surface area contributed by atoms with Crippen molar-refractivity contribution in [3.63, 3.8) is 0 Å². The maximum absolute atomic E-state index is 13.4. The maximum atomic E-state index is 13.4. The number of nitro groups is 1. The van der Waals surface area contributed by atoms with E-state index in [1.54, 1.807) is 77.3 Å². The third kappa shape index (κ3) is 4.10. The lowest BCUT2D eigenvalue weighted by molar-refractivity contribution is -0.384. The lowest BCUT2D eigenvalue weighted by atomic mass is 10.0. The zero-order valence-electron chi connectivity index (χ0n) is 18.8. The number of ketones is 3. The van der Waals surface area contributed by atoms with Crippen LogP contribution in [0.15, 0.2) is 109 Å². The largest absolute Gasteiger partial charge is 0.313 e. The number of pyridine rings is 1. The molecule has 0 fully saturated rings. The molecule has 174 valence electrons. The minimum atomic E-state index is -0.571. The minimum Gasteiger partial charge on any atom is -0.313 e. The van der Waals surface area contributed by atoms with Gasteiger partial charge >= 0.3 is 0 Å². The predicted molar refractivity (Wildman–Crippen MR) is 134 cm³/mol. The van der Waals surface area contributed by atoms with Gasteiger partial charge in [0.1, 0.15) is 0 Å². The Hall–Kier alpha value is -5.17. The first kappa shape index (κ1) is 22.6. The van der Waals surface area contributed by atoms with E-state index in [1.807, 2.05) is 6.07 Å².